The number of aryl methyl sites for hydroxylation is 1. The van der Waals surface area contributed by atoms with E-state index in [1.54, 1.807) is 0 Å². The van der Waals surface area contributed by atoms with Gasteiger partial charge in [0.25, 0.3) is 0 Å². The first kappa shape index (κ1) is 12.5. The maximum absolute atomic E-state index is 9.06. The number of rotatable bonds is 3. The number of nitrogens with zero attached hydrogens (tertiary/aromatic N) is 1. The van der Waals surface area contributed by atoms with Crippen LogP contribution in [0.2, 0.25) is 0 Å². The molecule has 1 unspecified atom stereocenters. The molecule has 102 valence electrons. The first-order valence-corrected chi connectivity index (χ1v) is 6.91. The Balaban J connectivity index is 1.72. The van der Waals surface area contributed by atoms with Gasteiger partial charge in [-0.05, 0) is 43.4 Å². The first-order valence-electron chi connectivity index (χ1n) is 6.91. The van der Waals surface area contributed by atoms with E-state index in [2.05, 4.69) is 11.2 Å². The van der Waals surface area contributed by atoms with E-state index in [9.17, 15) is 0 Å². The van der Waals surface area contributed by atoms with Gasteiger partial charge in [0.2, 0.25) is 0 Å². The molecule has 0 radical (unpaired) electrons. The SMILES string of the molecule is O/N=C1/CCCc2ccc(OCC3CCOC3)cc21. The Labute approximate surface area is 113 Å². The van der Waals surface area contributed by atoms with Gasteiger partial charge in [-0.3, -0.25) is 0 Å². The monoisotopic (exact) mass is 261 g/mol. The molecule has 1 atom stereocenters. The number of oxime groups is 1. The predicted octanol–water partition coefficient (Wildman–Crippen LogP) is 2.62. The molecular formula is C15H19NO3. The van der Waals surface area contributed by atoms with Crippen LogP contribution in [0.15, 0.2) is 23.4 Å². The van der Waals surface area contributed by atoms with Crippen molar-refractivity contribution in [3.8, 4) is 5.75 Å². The van der Waals surface area contributed by atoms with Gasteiger partial charge in [0, 0.05) is 18.1 Å². The highest BCUT2D eigenvalue weighted by atomic mass is 16.5. The molecule has 1 saturated heterocycles. The molecule has 0 saturated carbocycles. The van der Waals surface area contributed by atoms with E-state index in [1.807, 2.05) is 12.1 Å². The topological polar surface area (TPSA) is 51.1 Å². The second-order valence-electron chi connectivity index (χ2n) is 5.26. The third kappa shape index (κ3) is 2.73. The molecular weight excluding hydrogens is 242 g/mol. The summed E-state index contributed by atoms with van der Waals surface area (Å²) in [6.45, 7) is 2.35. The van der Waals surface area contributed by atoms with E-state index in [1.165, 1.54) is 5.56 Å². The van der Waals surface area contributed by atoms with Crippen molar-refractivity contribution in [3.63, 3.8) is 0 Å². The van der Waals surface area contributed by atoms with Crippen molar-refractivity contribution in [3.05, 3.63) is 29.3 Å². The third-order valence-corrected chi connectivity index (χ3v) is 3.88. The van der Waals surface area contributed by atoms with E-state index < -0.39 is 0 Å². The third-order valence-electron chi connectivity index (χ3n) is 3.88. The van der Waals surface area contributed by atoms with Gasteiger partial charge in [-0.15, -0.1) is 0 Å². The molecule has 1 N–H and O–H groups in total. The fourth-order valence-corrected chi connectivity index (χ4v) is 2.75. The minimum absolute atomic E-state index is 0.502. The van der Waals surface area contributed by atoms with Gasteiger partial charge in [0.05, 0.1) is 18.9 Å². The van der Waals surface area contributed by atoms with E-state index >= 15 is 0 Å². The summed E-state index contributed by atoms with van der Waals surface area (Å²) in [6.07, 6.45) is 4.01. The van der Waals surface area contributed by atoms with Gasteiger partial charge >= 0.3 is 0 Å². The molecule has 0 spiro atoms. The Kier molecular flexibility index (Phi) is 3.69. The summed E-state index contributed by atoms with van der Waals surface area (Å²) in [4.78, 5) is 0. The fourth-order valence-electron chi connectivity index (χ4n) is 2.75. The van der Waals surface area contributed by atoms with E-state index in [0.717, 1.165) is 55.9 Å². The quantitative estimate of drug-likeness (QED) is 0.672. The number of ether oxygens (including phenoxy) is 2. The molecule has 1 aliphatic carbocycles. The molecule has 0 aromatic heterocycles. The Hall–Kier alpha value is -1.55. The average Bonchev–Trinajstić information content (AvgIpc) is 2.97. The van der Waals surface area contributed by atoms with Gasteiger partial charge in [0.15, 0.2) is 0 Å². The molecule has 3 rings (SSSR count). The summed E-state index contributed by atoms with van der Waals surface area (Å²) in [6, 6.07) is 6.09. The molecule has 1 aliphatic heterocycles. The second kappa shape index (κ2) is 5.61. The maximum atomic E-state index is 9.06. The van der Waals surface area contributed by atoms with Crippen LogP contribution in [0.3, 0.4) is 0 Å². The van der Waals surface area contributed by atoms with Crippen LogP contribution in [-0.2, 0) is 11.2 Å². The molecule has 4 nitrogen and oxygen atoms in total. The largest absolute Gasteiger partial charge is 0.493 e. The lowest BCUT2D eigenvalue weighted by molar-refractivity contribution is 0.167. The highest BCUT2D eigenvalue weighted by Gasteiger charge is 2.19. The number of hydrogen-bond acceptors (Lipinski definition) is 4. The van der Waals surface area contributed by atoms with Crippen molar-refractivity contribution < 1.29 is 14.7 Å². The van der Waals surface area contributed by atoms with Crippen molar-refractivity contribution in [1.29, 1.82) is 0 Å². The number of fused-ring (bicyclic) bond motifs is 1. The van der Waals surface area contributed by atoms with Crippen molar-refractivity contribution in [2.24, 2.45) is 11.1 Å². The van der Waals surface area contributed by atoms with Crippen LogP contribution in [0.5, 0.6) is 5.75 Å². The molecule has 0 amide bonds. The first-order chi connectivity index (χ1) is 9.36. The van der Waals surface area contributed by atoms with Gasteiger partial charge in [-0.25, -0.2) is 0 Å². The van der Waals surface area contributed by atoms with Crippen molar-refractivity contribution >= 4 is 5.71 Å². The minimum Gasteiger partial charge on any atom is -0.493 e. The summed E-state index contributed by atoms with van der Waals surface area (Å²) in [5.74, 6) is 1.36. The molecule has 4 heteroatoms. The molecule has 1 fully saturated rings. The zero-order valence-corrected chi connectivity index (χ0v) is 11.0. The van der Waals surface area contributed by atoms with E-state index in [4.69, 9.17) is 14.7 Å². The van der Waals surface area contributed by atoms with Crippen molar-refractivity contribution in [2.45, 2.75) is 25.7 Å². The van der Waals surface area contributed by atoms with Crippen LogP contribution in [-0.4, -0.2) is 30.7 Å². The lowest BCUT2D eigenvalue weighted by Crippen LogP contribution is -2.14. The fraction of sp³-hybridized carbons (Fsp3) is 0.533. The Morgan fingerprint density at radius 3 is 3.11 bits per heavy atom. The lowest BCUT2D eigenvalue weighted by atomic mass is 9.90. The second-order valence-corrected chi connectivity index (χ2v) is 5.26. The average molecular weight is 261 g/mol. The van der Waals surface area contributed by atoms with Gasteiger partial charge in [0.1, 0.15) is 5.75 Å². The maximum Gasteiger partial charge on any atom is 0.119 e. The molecule has 1 heterocycles. The van der Waals surface area contributed by atoms with Crippen LogP contribution in [0, 0.1) is 5.92 Å². The van der Waals surface area contributed by atoms with Crippen molar-refractivity contribution in [2.75, 3.05) is 19.8 Å². The van der Waals surface area contributed by atoms with Crippen LogP contribution in [0.4, 0.5) is 0 Å². The van der Waals surface area contributed by atoms with E-state index in [-0.39, 0.29) is 0 Å². The summed E-state index contributed by atoms with van der Waals surface area (Å²) < 4.78 is 11.2. The predicted molar refractivity (Wildman–Crippen MR) is 72.1 cm³/mol. The van der Waals surface area contributed by atoms with Gasteiger partial charge in [-0.1, -0.05) is 11.2 Å². The van der Waals surface area contributed by atoms with Crippen LogP contribution >= 0.6 is 0 Å². The highest BCUT2D eigenvalue weighted by molar-refractivity contribution is 6.02. The number of benzene rings is 1. The zero-order chi connectivity index (χ0) is 13.1. The van der Waals surface area contributed by atoms with Gasteiger partial charge in [-0.2, -0.15) is 0 Å². The summed E-state index contributed by atoms with van der Waals surface area (Å²) in [5, 5.41) is 12.5. The van der Waals surface area contributed by atoms with Crippen LogP contribution in [0.25, 0.3) is 0 Å². The molecule has 19 heavy (non-hydrogen) atoms. The molecule has 2 aliphatic rings. The summed E-state index contributed by atoms with van der Waals surface area (Å²) in [5.41, 5.74) is 3.06. The van der Waals surface area contributed by atoms with Crippen LogP contribution < -0.4 is 4.74 Å². The summed E-state index contributed by atoms with van der Waals surface area (Å²) in [7, 11) is 0. The zero-order valence-electron chi connectivity index (χ0n) is 11.0. The Morgan fingerprint density at radius 1 is 1.37 bits per heavy atom. The van der Waals surface area contributed by atoms with E-state index in [0.29, 0.717) is 12.5 Å². The Morgan fingerprint density at radius 2 is 2.32 bits per heavy atom. The van der Waals surface area contributed by atoms with Crippen LogP contribution in [0.1, 0.15) is 30.4 Å². The van der Waals surface area contributed by atoms with Crippen molar-refractivity contribution in [1.82, 2.24) is 0 Å². The van der Waals surface area contributed by atoms with Gasteiger partial charge < -0.3 is 14.7 Å². The minimum atomic E-state index is 0.502. The number of hydrogen-bond donors (Lipinski definition) is 1. The standard InChI is InChI=1S/C15H19NO3/c17-16-15-3-1-2-12-4-5-13(8-14(12)15)19-10-11-6-7-18-9-11/h4-5,8,11,17H,1-3,6-7,9-10H2/b16-15-. The normalized spacial score (nSPS) is 24.4. The molecule has 1 aromatic carbocycles. The molecule has 0 bridgehead atoms. The smallest absolute Gasteiger partial charge is 0.119 e. The Bertz CT molecular complexity index is 478. The lowest BCUT2D eigenvalue weighted by Gasteiger charge is -2.18. The highest BCUT2D eigenvalue weighted by Crippen LogP contribution is 2.26. The molecule has 1 aromatic rings. The summed E-state index contributed by atoms with van der Waals surface area (Å²) >= 11 is 0.